The minimum atomic E-state index is -0.364. The van der Waals surface area contributed by atoms with Crippen molar-refractivity contribution in [2.45, 2.75) is 31.7 Å². The van der Waals surface area contributed by atoms with E-state index in [0.29, 0.717) is 24.5 Å². The second-order valence-corrected chi connectivity index (χ2v) is 9.47. The molecule has 0 saturated heterocycles. The fourth-order valence-electron chi connectivity index (χ4n) is 5.23. The summed E-state index contributed by atoms with van der Waals surface area (Å²) in [4.78, 5) is 16.0. The predicted octanol–water partition coefficient (Wildman–Crippen LogP) is 6.14. The first kappa shape index (κ1) is 23.8. The first-order valence-corrected chi connectivity index (χ1v) is 12.5. The van der Waals surface area contributed by atoms with Crippen molar-refractivity contribution >= 4 is 22.8 Å². The molecule has 0 saturated carbocycles. The Morgan fingerprint density at radius 2 is 1.69 bits per heavy atom. The van der Waals surface area contributed by atoms with Crippen LogP contribution in [0.25, 0.3) is 0 Å². The standard InChI is InChI=1S/C30H33N3O3/c1-5-36-30-22(9-8-12-27(30)35-4)29-28-25(31-23-10-6-7-11-24(23)32-29)17-20(18-26(28)34)19-13-15-21(16-14-19)33(2)3/h6-16,20,29,31-32H,5,17-18H2,1-4H3. The van der Waals surface area contributed by atoms with Gasteiger partial charge in [0.05, 0.1) is 31.1 Å². The number of rotatable bonds is 6. The van der Waals surface area contributed by atoms with Gasteiger partial charge in [0, 0.05) is 43.0 Å². The van der Waals surface area contributed by atoms with Gasteiger partial charge >= 0.3 is 0 Å². The lowest BCUT2D eigenvalue weighted by molar-refractivity contribution is -0.116. The highest BCUT2D eigenvalue weighted by Gasteiger charge is 2.37. The second kappa shape index (κ2) is 9.97. The largest absolute Gasteiger partial charge is 0.493 e. The Balaban J connectivity index is 1.61. The van der Waals surface area contributed by atoms with Gasteiger partial charge in [-0.1, -0.05) is 36.4 Å². The van der Waals surface area contributed by atoms with Crippen LogP contribution in [0.1, 0.15) is 42.9 Å². The van der Waals surface area contributed by atoms with Crippen molar-refractivity contribution in [3.8, 4) is 11.5 Å². The number of hydrogen-bond acceptors (Lipinski definition) is 6. The fourth-order valence-corrected chi connectivity index (χ4v) is 5.23. The third-order valence-electron chi connectivity index (χ3n) is 7.02. The monoisotopic (exact) mass is 483 g/mol. The van der Waals surface area contributed by atoms with E-state index in [-0.39, 0.29) is 17.7 Å². The Hall–Kier alpha value is -3.93. The molecule has 0 spiro atoms. The number of fused-ring (bicyclic) bond motifs is 1. The molecule has 1 aliphatic carbocycles. The third kappa shape index (κ3) is 4.39. The Kier molecular flexibility index (Phi) is 6.59. The maximum Gasteiger partial charge on any atom is 0.166 e. The van der Waals surface area contributed by atoms with Gasteiger partial charge in [-0.3, -0.25) is 4.79 Å². The summed E-state index contributed by atoms with van der Waals surface area (Å²) in [5.41, 5.74) is 6.85. The van der Waals surface area contributed by atoms with E-state index in [4.69, 9.17) is 9.47 Å². The first-order valence-electron chi connectivity index (χ1n) is 12.5. The van der Waals surface area contributed by atoms with Crippen LogP contribution in [0.3, 0.4) is 0 Å². The number of ketones is 1. The lowest BCUT2D eigenvalue weighted by Gasteiger charge is -2.31. The van der Waals surface area contributed by atoms with Crippen LogP contribution >= 0.6 is 0 Å². The molecule has 3 aromatic carbocycles. The average Bonchev–Trinajstić information content (AvgIpc) is 3.06. The summed E-state index contributed by atoms with van der Waals surface area (Å²) in [5, 5.41) is 7.26. The number of hydrogen-bond donors (Lipinski definition) is 2. The van der Waals surface area contributed by atoms with Gasteiger partial charge in [0.1, 0.15) is 0 Å². The molecule has 5 rings (SSSR count). The Morgan fingerprint density at radius 3 is 2.39 bits per heavy atom. The number of benzene rings is 3. The molecule has 186 valence electrons. The molecular weight excluding hydrogens is 450 g/mol. The smallest absolute Gasteiger partial charge is 0.166 e. The van der Waals surface area contributed by atoms with Crippen LogP contribution in [0.4, 0.5) is 17.1 Å². The summed E-state index contributed by atoms with van der Waals surface area (Å²) >= 11 is 0. The topological polar surface area (TPSA) is 62.8 Å². The highest BCUT2D eigenvalue weighted by Crippen LogP contribution is 2.47. The van der Waals surface area contributed by atoms with Crippen molar-refractivity contribution in [1.82, 2.24) is 0 Å². The summed E-state index contributed by atoms with van der Waals surface area (Å²) in [6, 6.07) is 22.1. The second-order valence-electron chi connectivity index (χ2n) is 9.47. The molecule has 3 aromatic rings. The van der Waals surface area contributed by atoms with Crippen molar-refractivity contribution in [2.24, 2.45) is 0 Å². The lowest BCUT2D eigenvalue weighted by Crippen LogP contribution is -2.27. The molecule has 6 nitrogen and oxygen atoms in total. The van der Waals surface area contributed by atoms with Gasteiger partial charge in [0.2, 0.25) is 0 Å². The molecule has 2 atom stereocenters. The molecular formula is C30H33N3O3. The number of allylic oxidation sites excluding steroid dienone is 1. The summed E-state index contributed by atoms with van der Waals surface area (Å²) < 4.78 is 11.7. The van der Waals surface area contributed by atoms with Crippen LogP contribution in [0.5, 0.6) is 11.5 Å². The minimum Gasteiger partial charge on any atom is -0.493 e. The number of nitrogens with one attached hydrogen (secondary N) is 2. The fraction of sp³-hybridized carbons (Fsp3) is 0.300. The van der Waals surface area contributed by atoms with Crippen LogP contribution in [0.2, 0.25) is 0 Å². The summed E-state index contributed by atoms with van der Waals surface area (Å²) in [7, 11) is 5.71. The Labute approximate surface area is 212 Å². The van der Waals surface area contributed by atoms with Crippen LogP contribution in [0, 0.1) is 0 Å². The van der Waals surface area contributed by atoms with Crippen LogP contribution in [-0.2, 0) is 4.79 Å². The maximum atomic E-state index is 13.9. The van der Waals surface area contributed by atoms with Gasteiger partial charge in [-0.2, -0.15) is 0 Å². The van der Waals surface area contributed by atoms with E-state index in [9.17, 15) is 4.79 Å². The number of ether oxygens (including phenoxy) is 2. The number of carbonyl (C=O) groups is 1. The van der Waals surface area contributed by atoms with Crippen LogP contribution in [0.15, 0.2) is 78.0 Å². The van der Waals surface area contributed by atoms with Gasteiger partial charge in [-0.15, -0.1) is 0 Å². The molecule has 0 aromatic heterocycles. The van der Waals surface area contributed by atoms with E-state index in [2.05, 4.69) is 39.8 Å². The number of nitrogens with zero attached hydrogens (tertiary/aromatic N) is 1. The van der Waals surface area contributed by atoms with Gasteiger partial charge in [-0.25, -0.2) is 0 Å². The Bertz CT molecular complexity index is 1300. The highest BCUT2D eigenvalue weighted by molar-refractivity contribution is 6.01. The van der Waals surface area contributed by atoms with E-state index < -0.39 is 0 Å². The minimum absolute atomic E-state index is 0.113. The number of Topliss-reactive ketones (excluding diaryl/α,β-unsaturated/α-hetero) is 1. The predicted molar refractivity (Wildman–Crippen MR) is 145 cm³/mol. The third-order valence-corrected chi connectivity index (χ3v) is 7.02. The zero-order valence-corrected chi connectivity index (χ0v) is 21.3. The van der Waals surface area contributed by atoms with E-state index in [1.165, 1.54) is 5.56 Å². The zero-order valence-electron chi connectivity index (χ0n) is 21.3. The number of para-hydroxylation sites is 3. The summed E-state index contributed by atoms with van der Waals surface area (Å²) in [5.74, 6) is 1.58. The number of carbonyl (C=O) groups excluding carboxylic acids is 1. The Morgan fingerprint density at radius 1 is 0.944 bits per heavy atom. The van der Waals surface area contributed by atoms with Crippen LogP contribution in [-0.4, -0.2) is 33.6 Å². The number of anilines is 3. The number of methoxy groups -OCH3 is 1. The van der Waals surface area contributed by atoms with Gasteiger partial charge < -0.3 is 25.0 Å². The molecule has 6 heteroatoms. The molecule has 0 amide bonds. The van der Waals surface area contributed by atoms with Crippen molar-refractivity contribution in [2.75, 3.05) is 43.3 Å². The van der Waals surface area contributed by atoms with Gasteiger partial charge in [-0.05, 0) is 55.2 Å². The molecule has 2 aliphatic rings. The van der Waals surface area contributed by atoms with Crippen LogP contribution < -0.4 is 25.0 Å². The van der Waals surface area contributed by atoms with E-state index >= 15 is 0 Å². The van der Waals surface area contributed by atoms with Crippen molar-refractivity contribution < 1.29 is 14.3 Å². The lowest BCUT2D eigenvalue weighted by atomic mass is 9.78. The highest BCUT2D eigenvalue weighted by atomic mass is 16.5. The van der Waals surface area contributed by atoms with Gasteiger partial charge in [0.15, 0.2) is 17.3 Å². The van der Waals surface area contributed by atoms with E-state index in [0.717, 1.165) is 40.3 Å². The van der Waals surface area contributed by atoms with E-state index in [1.807, 2.05) is 63.5 Å². The molecule has 1 aliphatic heterocycles. The molecule has 1 heterocycles. The molecule has 2 unspecified atom stereocenters. The normalized spacial score (nSPS) is 18.8. The quantitative estimate of drug-likeness (QED) is 0.439. The molecule has 0 radical (unpaired) electrons. The zero-order chi connectivity index (χ0) is 25.2. The molecule has 0 fully saturated rings. The van der Waals surface area contributed by atoms with Crippen molar-refractivity contribution in [3.63, 3.8) is 0 Å². The molecule has 0 bridgehead atoms. The van der Waals surface area contributed by atoms with Gasteiger partial charge in [0.25, 0.3) is 0 Å². The van der Waals surface area contributed by atoms with E-state index in [1.54, 1.807) is 7.11 Å². The summed E-state index contributed by atoms with van der Waals surface area (Å²) in [6.07, 6.45) is 1.22. The van der Waals surface area contributed by atoms with Crippen molar-refractivity contribution in [1.29, 1.82) is 0 Å². The van der Waals surface area contributed by atoms with Crippen molar-refractivity contribution in [3.05, 3.63) is 89.1 Å². The SMILES string of the molecule is CCOc1c(OC)cccc1C1Nc2ccccc2NC2=C1C(=O)CC(c1ccc(N(C)C)cc1)C2. The molecule has 36 heavy (non-hydrogen) atoms. The first-order chi connectivity index (χ1) is 17.5. The maximum absolute atomic E-state index is 13.9. The summed E-state index contributed by atoms with van der Waals surface area (Å²) in [6.45, 7) is 2.45. The average molecular weight is 484 g/mol. The molecule has 2 N–H and O–H groups in total.